The summed E-state index contributed by atoms with van der Waals surface area (Å²) in [6, 6.07) is -0.647. The molecule has 0 saturated heterocycles. The smallest absolute Gasteiger partial charge is 0.405 e. The van der Waals surface area contributed by atoms with Gasteiger partial charge in [-0.3, -0.25) is 0 Å². The summed E-state index contributed by atoms with van der Waals surface area (Å²) < 4.78 is 0. The topological polar surface area (TPSA) is 92.9 Å². The van der Waals surface area contributed by atoms with Crippen LogP contribution in [0.25, 0.3) is 0 Å². The average molecular weight is 181 g/mol. The van der Waals surface area contributed by atoms with Crippen LogP contribution in [0.1, 0.15) is 0 Å². The van der Waals surface area contributed by atoms with Crippen molar-refractivity contribution < 1.29 is 9.90 Å². The Labute approximate surface area is 73.7 Å². The number of carboxylic acid groups (broad SMARTS) is 1. The Morgan fingerprint density at radius 3 is 3.08 bits per heavy atom. The second-order valence-electron chi connectivity index (χ2n) is 2.16. The fourth-order valence-electron chi connectivity index (χ4n) is 0.725. The summed E-state index contributed by atoms with van der Waals surface area (Å²) in [5.74, 6) is 2.25. The summed E-state index contributed by atoms with van der Waals surface area (Å²) >= 11 is 0. The second kappa shape index (κ2) is 4.06. The third-order valence-corrected chi connectivity index (χ3v) is 1.24. The highest BCUT2D eigenvalue weighted by Gasteiger charge is 2.09. The zero-order chi connectivity index (χ0) is 9.68. The first-order valence-corrected chi connectivity index (χ1v) is 3.38. The Kier molecular flexibility index (Phi) is 2.81. The van der Waals surface area contributed by atoms with Crippen molar-refractivity contribution in [1.82, 2.24) is 25.5 Å². The lowest BCUT2D eigenvalue weighted by atomic mass is 10.3. The molecular weight excluding hydrogens is 174 g/mol. The van der Waals surface area contributed by atoms with E-state index in [9.17, 15) is 4.79 Å². The first kappa shape index (κ1) is 8.99. The van der Waals surface area contributed by atoms with E-state index in [-0.39, 0.29) is 6.54 Å². The number of tetrazole rings is 1. The summed E-state index contributed by atoms with van der Waals surface area (Å²) in [6.07, 6.45) is 5.14. The molecule has 0 unspecified atom stereocenters. The highest BCUT2D eigenvalue weighted by molar-refractivity contribution is 5.65. The van der Waals surface area contributed by atoms with Gasteiger partial charge in [0.15, 0.2) is 6.33 Å². The van der Waals surface area contributed by atoms with Crippen LogP contribution >= 0.6 is 0 Å². The Balaban J connectivity index is 2.51. The summed E-state index contributed by atoms with van der Waals surface area (Å²) in [4.78, 5) is 11.4. The van der Waals surface area contributed by atoms with Gasteiger partial charge in [-0.15, -0.1) is 16.6 Å². The zero-order valence-corrected chi connectivity index (χ0v) is 6.58. The van der Waals surface area contributed by atoms with Gasteiger partial charge in [0.2, 0.25) is 0 Å². The molecule has 1 atom stereocenters. The molecule has 0 aliphatic rings. The molecule has 7 heteroatoms. The molecule has 13 heavy (non-hydrogen) atoms. The molecule has 0 aromatic carbocycles. The second-order valence-corrected chi connectivity index (χ2v) is 2.16. The van der Waals surface area contributed by atoms with Crippen LogP contribution in [-0.4, -0.2) is 37.4 Å². The Bertz CT molecular complexity index is 314. The number of terminal acetylenes is 1. The van der Waals surface area contributed by atoms with E-state index in [4.69, 9.17) is 11.5 Å². The summed E-state index contributed by atoms with van der Waals surface area (Å²) in [7, 11) is 0. The molecule has 1 aromatic rings. The van der Waals surface area contributed by atoms with Gasteiger partial charge in [0.25, 0.3) is 0 Å². The molecule has 0 saturated carbocycles. The number of aromatic nitrogens is 4. The van der Waals surface area contributed by atoms with Crippen LogP contribution in [0, 0.1) is 12.3 Å². The Hall–Kier alpha value is -2.10. The summed E-state index contributed by atoms with van der Waals surface area (Å²) in [5.41, 5.74) is 0. The largest absolute Gasteiger partial charge is 0.465 e. The minimum Gasteiger partial charge on any atom is -0.465 e. The Morgan fingerprint density at radius 2 is 2.62 bits per heavy atom. The first-order chi connectivity index (χ1) is 6.22. The molecule has 7 nitrogen and oxygen atoms in total. The fourth-order valence-corrected chi connectivity index (χ4v) is 0.725. The normalized spacial score (nSPS) is 11.6. The lowest BCUT2D eigenvalue weighted by Crippen LogP contribution is -2.36. The average Bonchev–Trinajstić information content (AvgIpc) is 2.55. The van der Waals surface area contributed by atoms with E-state index in [1.54, 1.807) is 0 Å². The van der Waals surface area contributed by atoms with Gasteiger partial charge in [-0.1, -0.05) is 5.92 Å². The molecule has 0 aliphatic heterocycles. The maximum atomic E-state index is 10.2. The van der Waals surface area contributed by atoms with E-state index in [1.165, 1.54) is 11.1 Å². The van der Waals surface area contributed by atoms with Crippen molar-refractivity contribution in [3.8, 4) is 12.3 Å². The molecule has 0 bridgehead atoms. The molecule has 0 radical (unpaired) electrons. The first-order valence-electron chi connectivity index (χ1n) is 3.38. The van der Waals surface area contributed by atoms with E-state index in [0.29, 0.717) is 0 Å². The molecular formula is C6H7N5O2. The lowest BCUT2D eigenvalue weighted by molar-refractivity contribution is 0.191. The number of hydrogen-bond acceptors (Lipinski definition) is 4. The number of hydrogen-bond donors (Lipinski definition) is 2. The van der Waals surface area contributed by atoms with E-state index in [1.807, 2.05) is 0 Å². The van der Waals surface area contributed by atoms with Gasteiger partial charge in [-0.05, 0) is 5.21 Å². The van der Waals surface area contributed by atoms with Gasteiger partial charge < -0.3 is 10.4 Å². The van der Waals surface area contributed by atoms with Crippen LogP contribution in [-0.2, 0) is 6.54 Å². The van der Waals surface area contributed by atoms with Gasteiger partial charge in [-0.2, -0.15) is 4.80 Å². The van der Waals surface area contributed by atoms with E-state index in [2.05, 4.69) is 26.6 Å². The number of nitrogens with one attached hydrogen (secondary N) is 1. The molecule has 2 N–H and O–H groups in total. The van der Waals surface area contributed by atoms with Gasteiger partial charge in [0, 0.05) is 0 Å². The number of rotatable bonds is 3. The maximum Gasteiger partial charge on any atom is 0.405 e. The van der Waals surface area contributed by atoms with E-state index < -0.39 is 12.1 Å². The SMILES string of the molecule is C#C[C@H](Cn1ncnn1)NC(=O)O. The quantitative estimate of drug-likeness (QED) is 0.580. The molecule has 1 heterocycles. The number of nitrogens with zero attached hydrogens (tertiary/aromatic N) is 4. The van der Waals surface area contributed by atoms with Crippen LogP contribution in [0.2, 0.25) is 0 Å². The van der Waals surface area contributed by atoms with Crippen molar-refractivity contribution >= 4 is 6.09 Å². The van der Waals surface area contributed by atoms with Gasteiger partial charge in [0.05, 0.1) is 6.54 Å². The van der Waals surface area contributed by atoms with E-state index >= 15 is 0 Å². The molecule has 1 rings (SSSR count). The monoisotopic (exact) mass is 181 g/mol. The van der Waals surface area contributed by atoms with Gasteiger partial charge in [-0.25, -0.2) is 4.79 Å². The molecule has 0 fully saturated rings. The summed E-state index contributed by atoms with van der Waals surface area (Å²) in [6.45, 7) is 0.169. The Morgan fingerprint density at radius 1 is 1.85 bits per heavy atom. The van der Waals surface area contributed by atoms with Crippen molar-refractivity contribution in [2.45, 2.75) is 12.6 Å². The predicted molar refractivity (Wildman–Crippen MR) is 41.6 cm³/mol. The van der Waals surface area contributed by atoms with Crippen LogP contribution in [0.15, 0.2) is 6.33 Å². The van der Waals surface area contributed by atoms with Crippen molar-refractivity contribution in [3.05, 3.63) is 6.33 Å². The lowest BCUT2D eigenvalue weighted by Gasteiger charge is -2.07. The highest BCUT2D eigenvalue weighted by atomic mass is 16.4. The van der Waals surface area contributed by atoms with Crippen LogP contribution < -0.4 is 5.32 Å². The number of amides is 1. The maximum absolute atomic E-state index is 10.2. The third-order valence-electron chi connectivity index (χ3n) is 1.24. The van der Waals surface area contributed by atoms with Crippen molar-refractivity contribution in [3.63, 3.8) is 0 Å². The minimum absolute atomic E-state index is 0.169. The summed E-state index contributed by atoms with van der Waals surface area (Å²) in [5, 5.41) is 21.2. The highest BCUT2D eigenvalue weighted by Crippen LogP contribution is 1.85. The molecule has 1 amide bonds. The van der Waals surface area contributed by atoms with Crippen LogP contribution in [0.3, 0.4) is 0 Å². The molecule has 68 valence electrons. The van der Waals surface area contributed by atoms with Gasteiger partial charge >= 0.3 is 6.09 Å². The van der Waals surface area contributed by atoms with Crippen molar-refractivity contribution in [1.29, 1.82) is 0 Å². The molecule has 0 spiro atoms. The van der Waals surface area contributed by atoms with Crippen molar-refractivity contribution in [2.75, 3.05) is 0 Å². The zero-order valence-electron chi connectivity index (χ0n) is 6.58. The standard InChI is InChI=1S/C6H7N5O2/c1-2-5(9-6(12)13)3-11-8-4-7-10-11/h1,4-5,9H,3H2,(H,12,13)/t5-/m1/s1. The molecule has 0 aliphatic carbocycles. The third kappa shape index (κ3) is 2.78. The number of carbonyl (C=O) groups is 1. The fraction of sp³-hybridized carbons (Fsp3) is 0.333. The van der Waals surface area contributed by atoms with Crippen LogP contribution in [0.4, 0.5) is 4.79 Å². The van der Waals surface area contributed by atoms with E-state index in [0.717, 1.165) is 0 Å². The minimum atomic E-state index is -1.18. The van der Waals surface area contributed by atoms with Gasteiger partial charge in [0.1, 0.15) is 6.04 Å². The predicted octanol–water partition coefficient (Wildman–Crippen LogP) is -1.06. The van der Waals surface area contributed by atoms with Crippen molar-refractivity contribution in [2.24, 2.45) is 0 Å². The van der Waals surface area contributed by atoms with Crippen LogP contribution in [0.5, 0.6) is 0 Å². The molecule has 1 aromatic heterocycles.